The number of ketones is 1. The van der Waals surface area contributed by atoms with Gasteiger partial charge in [0.25, 0.3) is 0 Å². The van der Waals surface area contributed by atoms with Crippen LogP contribution >= 0.6 is 0 Å². The molecule has 1 aliphatic heterocycles. The molecule has 2 aromatic rings. The number of carbonyl (C=O) groups is 1. The van der Waals surface area contributed by atoms with Crippen LogP contribution in [0.15, 0.2) is 28.8 Å². The van der Waals surface area contributed by atoms with Crippen molar-refractivity contribution in [3.8, 4) is 0 Å². The minimum absolute atomic E-state index is 0.0154. The van der Waals surface area contributed by atoms with Crippen LogP contribution in [0.5, 0.6) is 0 Å². The van der Waals surface area contributed by atoms with E-state index in [9.17, 15) is 4.79 Å². The van der Waals surface area contributed by atoms with Crippen molar-refractivity contribution in [3.05, 3.63) is 30.0 Å². The van der Waals surface area contributed by atoms with Crippen LogP contribution in [0, 0.1) is 5.92 Å². The average molecular weight is 272 g/mol. The second kappa shape index (κ2) is 5.75. The molecule has 4 nitrogen and oxygen atoms in total. The third kappa shape index (κ3) is 2.48. The maximum Gasteiger partial charge on any atom is 0.189 e. The third-order valence-electron chi connectivity index (χ3n) is 4.15. The lowest BCUT2D eigenvalue weighted by molar-refractivity contribution is 0.0878. The molecule has 0 bridgehead atoms. The molecule has 1 saturated heterocycles. The van der Waals surface area contributed by atoms with Crippen LogP contribution in [-0.4, -0.2) is 35.5 Å². The SMILES string of the molecule is CCC(CN1CCCC1)C(=O)c1noc2ccccc12. The highest BCUT2D eigenvalue weighted by Gasteiger charge is 2.26. The Morgan fingerprint density at radius 1 is 1.35 bits per heavy atom. The van der Waals surface area contributed by atoms with Gasteiger partial charge in [0, 0.05) is 12.5 Å². The second-order valence-corrected chi connectivity index (χ2v) is 5.50. The van der Waals surface area contributed by atoms with E-state index in [0.717, 1.165) is 31.4 Å². The van der Waals surface area contributed by atoms with Crippen LogP contribution in [0.2, 0.25) is 0 Å². The summed E-state index contributed by atoms with van der Waals surface area (Å²) >= 11 is 0. The van der Waals surface area contributed by atoms with Crippen molar-refractivity contribution in [1.29, 1.82) is 0 Å². The van der Waals surface area contributed by atoms with E-state index in [1.165, 1.54) is 12.8 Å². The fourth-order valence-electron chi connectivity index (χ4n) is 2.93. The van der Waals surface area contributed by atoms with Gasteiger partial charge in [-0.3, -0.25) is 4.79 Å². The van der Waals surface area contributed by atoms with Crippen molar-refractivity contribution < 1.29 is 9.32 Å². The lowest BCUT2D eigenvalue weighted by Gasteiger charge is -2.20. The molecule has 0 saturated carbocycles. The number of Topliss-reactive ketones (excluding diaryl/α,β-unsaturated/α-hetero) is 1. The minimum atomic E-state index is 0.0154. The van der Waals surface area contributed by atoms with E-state index in [4.69, 9.17) is 4.52 Å². The zero-order chi connectivity index (χ0) is 13.9. The highest BCUT2D eigenvalue weighted by atomic mass is 16.5. The van der Waals surface area contributed by atoms with Crippen LogP contribution in [0.25, 0.3) is 11.0 Å². The van der Waals surface area contributed by atoms with Gasteiger partial charge in [-0.2, -0.15) is 0 Å². The molecule has 4 heteroatoms. The summed E-state index contributed by atoms with van der Waals surface area (Å²) in [5.74, 6) is 0.131. The summed E-state index contributed by atoms with van der Waals surface area (Å²) in [7, 11) is 0. The lowest BCUT2D eigenvalue weighted by Crippen LogP contribution is -2.31. The summed E-state index contributed by atoms with van der Waals surface area (Å²) in [5, 5.41) is 4.83. The topological polar surface area (TPSA) is 46.3 Å². The lowest BCUT2D eigenvalue weighted by atomic mass is 9.96. The molecule has 106 valence electrons. The molecule has 1 aromatic heterocycles. The number of carbonyl (C=O) groups excluding carboxylic acids is 1. The Morgan fingerprint density at radius 2 is 2.10 bits per heavy atom. The van der Waals surface area contributed by atoms with E-state index in [-0.39, 0.29) is 11.7 Å². The van der Waals surface area contributed by atoms with Gasteiger partial charge in [-0.15, -0.1) is 0 Å². The van der Waals surface area contributed by atoms with Crippen molar-refractivity contribution in [1.82, 2.24) is 10.1 Å². The Morgan fingerprint density at radius 3 is 2.85 bits per heavy atom. The van der Waals surface area contributed by atoms with E-state index in [0.29, 0.717) is 11.3 Å². The normalized spacial score (nSPS) is 17.6. The molecule has 20 heavy (non-hydrogen) atoms. The van der Waals surface area contributed by atoms with Crippen LogP contribution in [0.1, 0.15) is 36.7 Å². The molecule has 1 aromatic carbocycles. The Balaban J connectivity index is 1.82. The summed E-state index contributed by atoms with van der Waals surface area (Å²) in [5.41, 5.74) is 1.18. The third-order valence-corrected chi connectivity index (χ3v) is 4.15. The summed E-state index contributed by atoms with van der Waals surface area (Å²) in [6, 6.07) is 7.56. The first-order valence-corrected chi connectivity index (χ1v) is 7.40. The Labute approximate surface area is 118 Å². The molecule has 3 rings (SSSR count). The molecule has 0 N–H and O–H groups in total. The number of para-hydroxylation sites is 1. The highest BCUT2D eigenvalue weighted by Crippen LogP contribution is 2.23. The van der Waals surface area contributed by atoms with Gasteiger partial charge in [0.15, 0.2) is 17.1 Å². The Bertz CT molecular complexity index is 599. The molecular formula is C16H20N2O2. The monoisotopic (exact) mass is 272 g/mol. The number of hydrogen-bond donors (Lipinski definition) is 0. The van der Waals surface area contributed by atoms with Gasteiger partial charge in [0.05, 0.1) is 5.39 Å². The minimum Gasteiger partial charge on any atom is -0.356 e. The molecule has 1 unspecified atom stereocenters. The molecule has 0 spiro atoms. The van der Waals surface area contributed by atoms with Crippen LogP contribution in [-0.2, 0) is 0 Å². The first-order chi connectivity index (χ1) is 9.79. The molecule has 1 aliphatic rings. The summed E-state index contributed by atoms with van der Waals surface area (Å²) in [6.07, 6.45) is 3.34. The Hall–Kier alpha value is -1.68. The quantitative estimate of drug-likeness (QED) is 0.784. The predicted molar refractivity (Wildman–Crippen MR) is 77.8 cm³/mol. The largest absolute Gasteiger partial charge is 0.356 e. The zero-order valence-electron chi connectivity index (χ0n) is 11.8. The van der Waals surface area contributed by atoms with Crippen molar-refractivity contribution >= 4 is 16.8 Å². The van der Waals surface area contributed by atoms with Crippen LogP contribution in [0.3, 0.4) is 0 Å². The zero-order valence-corrected chi connectivity index (χ0v) is 11.8. The standard InChI is InChI=1S/C16H20N2O2/c1-2-12(11-18-9-5-6-10-18)16(19)15-13-7-3-4-8-14(13)20-17-15/h3-4,7-8,12H,2,5-6,9-11H2,1H3. The molecule has 1 atom stereocenters. The van der Waals surface area contributed by atoms with E-state index < -0.39 is 0 Å². The smallest absolute Gasteiger partial charge is 0.189 e. The van der Waals surface area contributed by atoms with Crippen molar-refractivity contribution in [2.24, 2.45) is 5.92 Å². The maximum atomic E-state index is 12.7. The summed E-state index contributed by atoms with van der Waals surface area (Å²) < 4.78 is 5.25. The number of nitrogens with zero attached hydrogens (tertiary/aromatic N) is 2. The van der Waals surface area contributed by atoms with E-state index in [1.54, 1.807) is 0 Å². The van der Waals surface area contributed by atoms with Gasteiger partial charge in [-0.1, -0.05) is 24.2 Å². The first-order valence-electron chi connectivity index (χ1n) is 7.40. The van der Waals surface area contributed by atoms with E-state index in [2.05, 4.69) is 17.0 Å². The molecule has 0 radical (unpaired) electrons. The van der Waals surface area contributed by atoms with Gasteiger partial charge in [-0.05, 0) is 44.5 Å². The molecule has 0 aliphatic carbocycles. The van der Waals surface area contributed by atoms with Crippen LogP contribution in [0.4, 0.5) is 0 Å². The van der Waals surface area contributed by atoms with Gasteiger partial charge in [0.2, 0.25) is 0 Å². The molecule has 2 heterocycles. The number of aromatic nitrogens is 1. The van der Waals surface area contributed by atoms with Gasteiger partial charge < -0.3 is 9.42 Å². The fourth-order valence-corrected chi connectivity index (χ4v) is 2.93. The van der Waals surface area contributed by atoms with Gasteiger partial charge >= 0.3 is 0 Å². The fraction of sp³-hybridized carbons (Fsp3) is 0.500. The average Bonchev–Trinajstić information content (AvgIpc) is 3.13. The second-order valence-electron chi connectivity index (χ2n) is 5.50. The number of fused-ring (bicyclic) bond motifs is 1. The van der Waals surface area contributed by atoms with Crippen LogP contribution < -0.4 is 0 Å². The number of likely N-dealkylation sites (tertiary alicyclic amines) is 1. The van der Waals surface area contributed by atoms with Crippen molar-refractivity contribution in [3.63, 3.8) is 0 Å². The van der Waals surface area contributed by atoms with E-state index >= 15 is 0 Å². The van der Waals surface area contributed by atoms with Crippen molar-refractivity contribution in [2.45, 2.75) is 26.2 Å². The van der Waals surface area contributed by atoms with E-state index in [1.807, 2.05) is 24.3 Å². The number of hydrogen-bond acceptors (Lipinski definition) is 4. The molecule has 1 fully saturated rings. The predicted octanol–water partition coefficient (Wildman–Crippen LogP) is 3.13. The Kier molecular flexibility index (Phi) is 3.83. The first kappa shape index (κ1) is 13.3. The van der Waals surface area contributed by atoms with Gasteiger partial charge in [0.1, 0.15) is 0 Å². The van der Waals surface area contributed by atoms with Gasteiger partial charge in [-0.25, -0.2) is 0 Å². The number of rotatable bonds is 5. The molecular weight excluding hydrogens is 252 g/mol. The van der Waals surface area contributed by atoms with Crippen molar-refractivity contribution in [2.75, 3.05) is 19.6 Å². The molecule has 0 amide bonds. The maximum absolute atomic E-state index is 12.7. The highest BCUT2D eigenvalue weighted by molar-refractivity contribution is 6.06. The summed E-state index contributed by atoms with van der Waals surface area (Å²) in [6.45, 7) is 5.14. The number of benzene rings is 1. The summed E-state index contributed by atoms with van der Waals surface area (Å²) in [4.78, 5) is 15.1.